The van der Waals surface area contributed by atoms with E-state index in [0.717, 1.165) is 31.9 Å². The number of benzene rings is 1. The molecule has 0 spiro atoms. The highest BCUT2D eigenvalue weighted by molar-refractivity contribution is 5.82. The molecule has 0 aliphatic carbocycles. The van der Waals surface area contributed by atoms with Crippen molar-refractivity contribution in [2.45, 2.75) is 13.0 Å². The van der Waals surface area contributed by atoms with E-state index in [2.05, 4.69) is 30.6 Å². The van der Waals surface area contributed by atoms with E-state index in [1.165, 1.54) is 12.1 Å². The molecule has 1 aliphatic rings. The summed E-state index contributed by atoms with van der Waals surface area (Å²) in [4.78, 5) is 24.6. The van der Waals surface area contributed by atoms with Crippen molar-refractivity contribution in [2.75, 3.05) is 36.5 Å². The lowest BCUT2D eigenvalue weighted by atomic mass is 10.2. The second-order valence-corrected chi connectivity index (χ2v) is 5.86. The molecule has 7 nitrogen and oxygen atoms in total. The second kappa shape index (κ2) is 7.89. The fourth-order valence-electron chi connectivity index (χ4n) is 2.77. The van der Waals surface area contributed by atoms with Gasteiger partial charge in [-0.25, -0.2) is 14.4 Å². The number of piperazine rings is 1. The molecule has 0 unspecified atom stereocenters. The van der Waals surface area contributed by atoms with Crippen LogP contribution in [-0.4, -0.2) is 53.0 Å². The molecule has 0 radical (unpaired) electrons. The lowest BCUT2D eigenvalue weighted by molar-refractivity contribution is -0.125. The molecular formula is C17H21FN6O. The molecule has 1 aromatic carbocycles. The van der Waals surface area contributed by atoms with Gasteiger partial charge >= 0.3 is 0 Å². The van der Waals surface area contributed by atoms with Crippen molar-refractivity contribution in [1.29, 1.82) is 0 Å². The van der Waals surface area contributed by atoms with Crippen LogP contribution in [0.4, 0.5) is 16.0 Å². The largest absolute Gasteiger partial charge is 0.369 e. The Morgan fingerprint density at radius 2 is 1.76 bits per heavy atom. The number of carbonyl (C=O) groups excluding carboxylic acids is 1. The number of nitrogens with one attached hydrogen (secondary N) is 2. The van der Waals surface area contributed by atoms with Gasteiger partial charge in [-0.15, -0.1) is 0 Å². The predicted molar refractivity (Wildman–Crippen MR) is 93.4 cm³/mol. The van der Waals surface area contributed by atoms with Crippen LogP contribution >= 0.6 is 0 Å². The summed E-state index contributed by atoms with van der Waals surface area (Å²) >= 11 is 0. The van der Waals surface area contributed by atoms with Crippen molar-refractivity contribution in [3.63, 3.8) is 0 Å². The molecule has 1 atom stereocenters. The quantitative estimate of drug-likeness (QED) is 0.796. The topological polar surface area (TPSA) is 73.4 Å². The molecule has 1 aliphatic heterocycles. The van der Waals surface area contributed by atoms with Crippen LogP contribution in [0.1, 0.15) is 6.92 Å². The molecule has 2 aromatic rings. The number of rotatable bonds is 5. The molecule has 1 amide bonds. The highest BCUT2D eigenvalue weighted by atomic mass is 19.1. The minimum absolute atomic E-state index is 0.136. The number of amides is 1. The van der Waals surface area contributed by atoms with Crippen molar-refractivity contribution in [3.05, 3.63) is 48.5 Å². The van der Waals surface area contributed by atoms with Crippen LogP contribution in [0, 0.1) is 5.82 Å². The molecule has 0 bridgehead atoms. The lowest BCUT2D eigenvalue weighted by Gasteiger charge is -2.38. The maximum atomic E-state index is 13.0. The first-order valence-electron chi connectivity index (χ1n) is 8.21. The minimum atomic E-state index is -0.272. The Bertz CT molecular complexity index is 688. The zero-order chi connectivity index (χ0) is 17.6. The van der Waals surface area contributed by atoms with Crippen molar-refractivity contribution in [1.82, 2.24) is 20.3 Å². The molecule has 25 heavy (non-hydrogen) atoms. The van der Waals surface area contributed by atoms with Gasteiger partial charge in [0.15, 0.2) is 0 Å². The predicted octanol–water partition coefficient (Wildman–Crippen LogP) is 1.27. The van der Waals surface area contributed by atoms with Crippen LogP contribution in [0.3, 0.4) is 0 Å². The average Bonchev–Trinajstić information content (AvgIpc) is 2.67. The normalized spacial score (nSPS) is 16.3. The van der Waals surface area contributed by atoms with E-state index < -0.39 is 0 Å². The van der Waals surface area contributed by atoms with E-state index in [1.54, 1.807) is 30.6 Å². The fourth-order valence-corrected chi connectivity index (χ4v) is 2.77. The first kappa shape index (κ1) is 17.1. The molecule has 1 fully saturated rings. The summed E-state index contributed by atoms with van der Waals surface area (Å²) in [6.45, 7) is 4.97. The maximum Gasteiger partial charge on any atom is 0.255 e. The summed E-state index contributed by atoms with van der Waals surface area (Å²) in [6.07, 6.45) is 3.19. The van der Waals surface area contributed by atoms with Gasteiger partial charge in [0.1, 0.15) is 5.82 Å². The Morgan fingerprint density at radius 3 is 2.40 bits per heavy atom. The van der Waals surface area contributed by atoms with E-state index in [9.17, 15) is 9.18 Å². The highest BCUT2D eigenvalue weighted by Gasteiger charge is 2.25. The minimum Gasteiger partial charge on any atom is -0.369 e. The number of anilines is 2. The summed E-state index contributed by atoms with van der Waals surface area (Å²) in [7, 11) is 0. The molecule has 3 rings (SSSR count). The second-order valence-electron chi connectivity index (χ2n) is 5.86. The SMILES string of the molecule is C[C@@H](C(=O)NNc1ncccn1)N1CCN(c2ccc(F)cc2)CC1. The van der Waals surface area contributed by atoms with E-state index in [0.29, 0.717) is 5.95 Å². The smallest absolute Gasteiger partial charge is 0.255 e. The van der Waals surface area contributed by atoms with E-state index in [1.807, 2.05) is 6.92 Å². The summed E-state index contributed by atoms with van der Waals surface area (Å²) in [5.74, 6) is -0.0190. The Balaban J connectivity index is 1.48. The molecule has 2 heterocycles. The number of carbonyl (C=O) groups is 1. The van der Waals surface area contributed by atoms with Gasteiger partial charge in [-0.3, -0.25) is 20.5 Å². The van der Waals surface area contributed by atoms with Crippen molar-refractivity contribution in [3.8, 4) is 0 Å². The molecule has 1 saturated heterocycles. The van der Waals surface area contributed by atoms with Gasteiger partial charge in [-0.2, -0.15) is 0 Å². The zero-order valence-electron chi connectivity index (χ0n) is 14.0. The van der Waals surface area contributed by atoms with E-state index >= 15 is 0 Å². The van der Waals surface area contributed by atoms with E-state index in [-0.39, 0.29) is 17.8 Å². The van der Waals surface area contributed by atoms with Crippen LogP contribution in [-0.2, 0) is 4.79 Å². The molecule has 0 saturated carbocycles. The van der Waals surface area contributed by atoms with Crippen LogP contribution < -0.4 is 15.8 Å². The molecule has 2 N–H and O–H groups in total. The first-order chi connectivity index (χ1) is 12.1. The third-order valence-corrected chi connectivity index (χ3v) is 4.30. The van der Waals surface area contributed by atoms with E-state index in [4.69, 9.17) is 0 Å². The maximum absolute atomic E-state index is 13.0. The van der Waals surface area contributed by atoms with Crippen LogP contribution in [0.5, 0.6) is 0 Å². The summed E-state index contributed by atoms with van der Waals surface area (Å²) in [5.41, 5.74) is 6.35. The number of hydrogen-bond acceptors (Lipinski definition) is 6. The average molecular weight is 344 g/mol. The Labute approximate surface area is 145 Å². The monoisotopic (exact) mass is 344 g/mol. The Hall–Kier alpha value is -2.74. The number of hydrogen-bond donors (Lipinski definition) is 2. The van der Waals surface area contributed by atoms with Gasteiger partial charge in [-0.05, 0) is 37.3 Å². The Kier molecular flexibility index (Phi) is 5.39. The van der Waals surface area contributed by atoms with Crippen LogP contribution in [0.25, 0.3) is 0 Å². The highest BCUT2D eigenvalue weighted by Crippen LogP contribution is 2.17. The van der Waals surface area contributed by atoms with Gasteiger partial charge in [0.05, 0.1) is 6.04 Å². The molecule has 1 aromatic heterocycles. The van der Waals surface area contributed by atoms with Crippen molar-refractivity contribution < 1.29 is 9.18 Å². The first-order valence-corrected chi connectivity index (χ1v) is 8.21. The number of aromatic nitrogens is 2. The third-order valence-electron chi connectivity index (χ3n) is 4.30. The zero-order valence-corrected chi connectivity index (χ0v) is 14.0. The van der Waals surface area contributed by atoms with Gasteiger partial charge in [0, 0.05) is 44.3 Å². The van der Waals surface area contributed by atoms with Crippen molar-refractivity contribution >= 4 is 17.5 Å². The van der Waals surface area contributed by atoms with Gasteiger partial charge in [-0.1, -0.05) is 0 Å². The number of hydrazine groups is 1. The Morgan fingerprint density at radius 1 is 1.12 bits per heavy atom. The summed E-state index contributed by atoms with van der Waals surface area (Å²) in [5, 5.41) is 0. The molecular weight excluding hydrogens is 323 g/mol. The van der Waals surface area contributed by atoms with Gasteiger partial charge < -0.3 is 4.90 Å². The molecule has 132 valence electrons. The standard InChI is InChI=1S/C17H21FN6O/c1-13(16(25)21-22-17-19-7-2-8-20-17)23-9-11-24(12-10-23)15-5-3-14(18)4-6-15/h2-8,13H,9-12H2,1H3,(H,21,25)(H,19,20,22)/t13-/m0/s1. The lowest BCUT2D eigenvalue weighted by Crippen LogP contribution is -2.54. The van der Waals surface area contributed by atoms with Crippen LogP contribution in [0.15, 0.2) is 42.7 Å². The summed E-state index contributed by atoms with van der Waals surface area (Å²) in [6, 6.07) is 7.93. The number of nitrogens with zero attached hydrogens (tertiary/aromatic N) is 4. The van der Waals surface area contributed by atoms with Gasteiger partial charge in [0.2, 0.25) is 5.95 Å². The van der Waals surface area contributed by atoms with Crippen LogP contribution in [0.2, 0.25) is 0 Å². The van der Waals surface area contributed by atoms with Crippen molar-refractivity contribution in [2.24, 2.45) is 0 Å². The molecule has 8 heteroatoms. The van der Waals surface area contributed by atoms with Gasteiger partial charge in [0.25, 0.3) is 5.91 Å². The third kappa shape index (κ3) is 4.42. The summed E-state index contributed by atoms with van der Waals surface area (Å²) < 4.78 is 13.0. The number of halogens is 1. The fraction of sp³-hybridized carbons (Fsp3) is 0.353.